The molecule has 0 spiro atoms. The summed E-state index contributed by atoms with van der Waals surface area (Å²) in [5, 5.41) is 11.4. The lowest BCUT2D eigenvalue weighted by molar-refractivity contribution is -0.384. The fourth-order valence-electron chi connectivity index (χ4n) is 2.47. The maximum absolute atomic E-state index is 13.2. The van der Waals surface area contributed by atoms with Crippen LogP contribution in [0.15, 0.2) is 6.07 Å². The van der Waals surface area contributed by atoms with Gasteiger partial charge in [-0.05, 0) is 13.0 Å². The van der Waals surface area contributed by atoms with Gasteiger partial charge in [0.1, 0.15) is 5.56 Å². The van der Waals surface area contributed by atoms with Gasteiger partial charge in [-0.25, -0.2) is 4.98 Å². The molecule has 0 aliphatic heterocycles. The molecule has 0 saturated carbocycles. The summed E-state index contributed by atoms with van der Waals surface area (Å²) >= 11 is 0. The Morgan fingerprint density at radius 3 is 2.43 bits per heavy atom. The molecule has 0 saturated heterocycles. The van der Waals surface area contributed by atoms with Gasteiger partial charge in [0.25, 0.3) is 0 Å². The molecule has 0 N–H and O–H groups in total. The number of aryl methyl sites for hydroxylation is 1. The number of imidazole rings is 1. The van der Waals surface area contributed by atoms with Crippen LogP contribution in [0.4, 0.5) is 24.8 Å². The third-order valence-corrected chi connectivity index (χ3v) is 3.35. The second-order valence-corrected chi connectivity index (χ2v) is 4.98. The molecule has 0 unspecified atom stereocenters. The van der Waals surface area contributed by atoms with Gasteiger partial charge < -0.3 is 14.2 Å². The number of hydrogen-bond donors (Lipinski definition) is 0. The molecule has 0 aliphatic rings. The first-order chi connectivity index (χ1) is 10.6. The first kappa shape index (κ1) is 16.8. The minimum Gasteiger partial charge on any atom is -0.490 e. The highest BCUT2D eigenvalue weighted by Gasteiger charge is 2.41. The number of nitrogens with zero attached hydrogens (tertiary/aromatic N) is 4. The van der Waals surface area contributed by atoms with Gasteiger partial charge in [0.15, 0.2) is 5.52 Å². The van der Waals surface area contributed by atoms with Crippen molar-refractivity contribution in [1.29, 1.82) is 0 Å². The molecule has 126 valence electrons. The summed E-state index contributed by atoms with van der Waals surface area (Å²) in [6.45, 7) is 2.03. The maximum Gasteiger partial charge on any atom is 0.420 e. The second-order valence-electron chi connectivity index (χ2n) is 4.98. The Labute approximate surface area is 129 Å². The second kappa shape index (κ2) is 5.60. The van der Waals surface area contributed by atoms with Gasteiger partial charge in [-0.2, -0.15) is 13.2 Å². The summed E-state index contributed by atoms with van der Waals surface area (Å²) in [6.07, 6.45) is -4.79. The van der Waals surface area contributed by atoms with Gasteiger partial charge in [-0.15, -0.1) is 0 Å². The van der Waals surface area contributed by atoms with E-state index in [9.17, 15) is 23.3 Å². The molecule has 2 rings (SSSR count). The Balaban J connectivity index is 3.04. The van der Waals surface area contributed by atoms with E-state index in [1.165, 1.54) is 4.57 Å². The van der Waals surface area contributed by atoms with Crippen molar-refractivity contribution in [3.63, 3.8) is 0 Å². The number of halogens is 3. The van der Waals surface area contributed by atoms with E-state index in [1.807, 2.05) is 0 Å². The maximum atomic E-state index is 13.2. The molecule has 1 aromatic carbocycles. The van der Waals surface area contributed by atoms with Crippen molar-refractivity contribution in [1.82, 2.24) is 9.55 Å². The molecule has 10 heteroatoms. The van der Waals surface area contributed by atoms with Crippen molar-refractivity contribution >= 4 is 22.7 Å². The number of hydrogen-bond acceptors (Lipinski definition) is 5. The molecular weight excluding hydrogens is 317 g/mol. The number of rotatable bonds is 4. The zero-order chi connectivity index (χ0) is 17.5. The minimum absolute atomic E-state index is 0.00560. The van der Waals surface area contributed by atoms with Crippen molar-refractivity contribution in [3.8, 4) is 5.75 Å². The molecule has 0 aliphatic carbocycles. The lowest BCUT2D eigenvalue weighted by Crippen LogP contribution is -2.15. The molecule has 23 heavy (non-hydrogen) atoms. The van der Waals surface area contributed by atoms with Crippen molar-refractivity contribution in [3.05, 3.63) is 21.7 Å². The minimum atomic E-state index is -4.79. The zero-order valence-corrected chi connectivity index (χ0v) is 12.9. The van der Waals surface area contributed by atoms with Crippen LogP contribution >= 0.6 is 0 Å². The number of benzene rings is 1. The number of anilines is 1. The quantitative estimate of drug-likeness (QED) is 0.635. The summed E-state index contributed by atoms with van der Waals surface area (Å²) in [5.74, 6) is -0.484. The van der Waals surface area contributed by atoms with Gasteiger partial charge in [0.05, 0.1) is 17.5 Å². The van der Waals surface area contributed by atoms with Crippen LogP contribution < -0.4 is 9.64 Å². The highest BCUT2D eigenvalue weighted by Crippen LogP contribution is 2.46. The van der Waals surface area contributed by atoms with Crippen LogP contribution in [-0.2, 0) is 12.7 Å². The lowest BCUT2D eigenvalue weighted by atomic mass is 10.1. The number of fused-ring (bicyclic) bond motifs is 1. The number of nitro groups is 1. The van der Waals surface area contributed by atoms with E-state index in [2.05, 4.69) is 4.98 Å². The molecule has 7 nitrogen and oxygen atoms in total. The van der Waals surface area contributed by atoms with E-state index in [0.29, 0.717) is 12.5 Å². The van der Waals surface area contributed by atoms with Crippen LogP contribution in [0, 0.1) is 10.1 Å². The van der Waals surface area contributed by atoms with Crippen LogP contribution in [0.2, 0.25) is 0 Å². The summed E-state index contributed by atoms with van der Waals surface area (Å²) < 4.78 is 45.8. The van der Waals surface area contributed by atoms with E-state index in [4.69, 9.17) is 4.74 Å². The van der Waals surface area contributed by atoms with Crippen LogP contribution in [0.3, 0.4) is 0 Å². The van der Waals surface area contributed by atoms with Gasteiger partial charge in [0, 0.05) is 20.6 Å². The first-order valence-electron chi connectivity index (χ1n) is 6.63. The summed E-state index contributed by atoms with van der Waals surface area (Å²) in [7, 11) is 4.28. The summed E-state index contributed by atoms with van der Waals surface area (Å²) in [6, 6.07) is 0.778. The number of alkyl halides is 3. The van der Waals surface area contributed by atoms with E-state index in [0.717, 1.165) is 13.2 Å². The smallest absolute Gasteiger partial charge is 0.420 e. The van der Waals surface area contributed by atoms with Crippen LogP contribution in [-0.4, -0.2) is 35.7 Å². The molecule has 0 atom stereocenters. The van der Waals surface area contributed by atoms with Crippen LogP contribution in [0.1, 0.15) is 12.5 Å². The topological polar surface area (TPSA) is 73.4 Å². The van der Waals surface area contributed by atoms with Gasteiger partial charge in [0.2, 0.25) is 11.7 Å². The average molecular weight is 332 g/mol. The largest absolute Gasteiger partial charge is 0.490 e. The highest BCUT2D eigenvalue weighted by atomic mass is 19.4. The molecule has 0 bridgehead atoms. The van der Waals surface area contributed by atoms with Crippen LogP contribution in [0.5, 0.6) is 5.75 Å². The van der Waals surface area contributed by atoms with Crippen molar-refractivity contribution in [2.45, 2.75) is 19.6 Å². The van der Waals surface area contributed by atoms with E-state index < -0.39 is 28.1 Å². The Morgan fingerprint density at radius 1 is 1.43 bits per heavy atom. The Morgan fingerprint density at radius 2 is 2.04 bits per heavy atom. The SMILES string of the molecule is CCn1c(N(C)C)nc2cc(C(F)(F)F)c(OC)c([N+](=O)[O-])c21. The van der Waals surface area contributed by atoms with Crippen molar-refractivity contribution in [2.75, 3.05) is 26.1 Å². The monoisotopic (exact) mass is 332 g/mol. The third kappa shape index (κ3) is 2.64. The summed E-state index contributed by atoms with van der Waals surface area (Å²) in [4.78, 5) is 16.2. The van der Waals surface area contributed by atoms with E-state index >= 15 is 0 Å². The fourth-order valence-corrected chi connectivity index (χ4v) is 2.47. The molecule has 0 amide bonds. The summed E-state index contributed by atoms with van der Waals surface area (Å²) in [5.41, 5.74) is -2.05. The number of nitro benzene ring substituents is 1. The molecule has 0 fully saturated rings. The van der Waals surface area contributed by atoms with Gasteiger partial charge in [-0.3, -0.25) is 10.1 Å². The van der Waals surface area contributed by atoms with Crippen LogP contribution in [0.25, 0.3) is 11.0 Å². The first-order valence-corrected chi connectivity index (χ1v) is 6.63. The van der Waals surface area contributed by atoms with Gasteiger partial charge in [-0.1, -0.05) is 0 Å². The van der Waals surface area contributed by atoms with Gasteiger partial charge >= 0.3 is 11.9 Å². The van der Waals surface area contributed by atoms with E-state index in [-0.39, 0.29) is 11.0 Å². The molecule has 2 aromatic rings. The van der Waals surface area contributed by atoms with Crippen molar-refractivity contribution < 1.29 is 22.8 Å². The highest BCUT2D eigenvalue weighted by molar-refractivity contribution is 5.92. The van der Waals surface area contributed by atoms with Crippen molar-refractivity contribution in [2.24, 2.45) is 0 Å². The molecule has 1 heterocycles. The number of aromatic nitrogens is 2. The molecular formula is C13H15F3N4O3. The number of ether oxygens (including phenoxy) is 1. The average Bonchev–Trinajstić information content (AvgIpc) is 2.82. The zero-order valence-electron chi connectivity index (χ0n) is 12.9. The standard InChI is InChI=1S/C13H15F3N4O3/c1-5-19-9-8(17-12(19)18(2)3)6-7(13(14,15)16)11(23-4)10(9)20(21)22/h6H,5H2,1-4H3. The third-order valence-electron chi connectivity index (χ3n) is 3.35. The van der Waals surface area contributed by atoms with E-state index in [1.54, 1.807) is 25.9 Å². The predicted molar refractivity (Wildman–Crippen MR) is 77.9 cm³/mol. The lowest BCUT2D eigenvalue weighted by Gasteiger charge is -2.14. The molecule has 0 radical (unpaired) electrons. The fraction of sp³-hybridized carbons (Fsp3) is 0.462. The normalized spacial score (nSPS) is 11.8. The Kier molecular flexibility index (Phi) is 4.10. The Hall–Kier alpha value is -2.52. The predicted octanol–water partition coefficient (Wildman–Crippen LogP) is 3.06. The Bertz CT molecular complexity index is 768. The number of methoxy groups -OCH3 is 1. The molecule has 1 aromatic heterocycles.